The first kappa shape index (κ1) is 23.2. The van der Waals surface area contributed by atoms with E-state index in [0.29, 0.717) is 30.7 Å². The number of nitrogens with zero attached hydrogens (tertiary/aromatic N) is 5. The zero-order valence-electron chi connectivity index (χ0n) is 22.1. The maximum Gasteiger partial charge on any atom is 0.318 e. The molecule has 194 valence electrons. The molecule has 0 saturated carbocycles. The third kappa shape index (κ3) is 3.94. The van der Waals surface area contributed by atoms with Crippen molar-refractivity contribution in [2.45, 2.75) is 76.2 Å². The molecule has 7 rings (SSSR count). The van der Waals surface area contributed by atoms with Gasteiger partial charge in [-0.2, -0.15) is 9.97 Å². The van der Waals surface area contributed by atoms with Crippen molar-refractivity contribution in [3.63, 3.8) is 0 Å². The topological polar surface area (TPSA) is 70.8 Å². The summed E-state index contributed by atoms with van der Waals surface area (Å²) >= 11 is 0. The van der Waals surface area contributed by atoms with E-state index in [1.807, 2.05) is 0 Å². The van der Waals surface area contributed by atoms with Crippen molar-refractivity contribution in [1.29, 1.82) is 0 Å². The third-order valence-corrected chi connectivity index (χ3v) is 9.36. The van der Waals surface area contributed by atoms with Gasteiger partial charge < -0.3 is 25.2 Å². The normalized spacial score (nSPS) is 27.3. The van der Waals surface area contributed by atoms with Crippen molar-refractivity contribution < 1.29 is 4.74 Å². The second-order valence-electron chi connectivity index (χ2n) is 11.6. The minimum Gasteiger partial charge on any atom is -0.462 e. The lowest BCUT2D eigenvalue weighted by Crippen LogP contribution is -2.39. The van der Waals surface area contributed by atoms with Crippen LogP contribution in [-0.2, 0) is 13.0 Å². The number of nitrogens with two attached hydrogens (primary N) is 1. The van der Waals surface area contributed by atoms with E-state index in [9.17, 15) is 0 Å². The van der Waals surface area contributed by atoms with Crippen LogP contribution >= 0.6 is 0 Å². The van der Waals surface area contributed by atoms with E-state index >= 15 is 0 Å². The second-order valence-corrected chi connectivity index (χ2v) is 11.6. The summed E-state index contributed by atoms with van der Waals surface area (Å²) < 4.78 is 6.33. The second kappa shape index (κ2) is 9.14. The van der Waals surface area contributed by atoms with Crippen LogP contribution in [0.4, 0.5) is 11.5 Å². The Kier molecular flexibility index (Phi) is 5.74. The van der Waals surface area contributed by atoms with Crippen LogP contribution in [0.2, 0.25) is 0 Å². The van der Waals surface area contributed by atoms with Crippen LogP contribution in [-0.4, -0.2) is 65.8 Å². The summed E-state index contributed by atoms with van der Waals surface area (Å²) in [6.45, 7) is 5.72. The molecule has 37 heavy (non-hydrogen) atoms. The van der Waals surface area contributed by atoms with Crippen molar-refractivity contribution in [3.05, 3.63) is 53.2 Å². The van der Waals surface area contributed by atoms with Gasteiger partial charge in [-0.25, -0.2) is 0 Å². The fraction of sp³-hybridized carbons (Fsp3) is 0.533. The van der Waals surface area contributed by atoms with Crippen LogP contribution in [0, 0.1) is 6.92 Å². The number of hydrogen-bond donors (Lipinski definition) is 1. The van der Waals surface area contributed by atoms with Crippen molar-refractivity contribution in [1.82, 2.24) is 14.9 Å². The molecule has 7 heteroatoms. The molecule has 2 bridgehead atoms. The highest BCUT2D eigenvalue weighted by Gasteiger charge is 2.46. The van der Waals surface area contributed by atoms with Gasteiger partial charge in [0.25, 0.3) is 0 Å². The molecule has 1 aromatic heterocycles. The van der Waals surface area contributed by atoms with Gasteiger partial charge in [0.1, 0.15) is 12.4 Å². The van der Waals surface area contributed by atoms with Crippen molar-refractivity contribution in [2.75, 3.05) is 36.5 Å². The number of aryl methyl sites for hydroxylation is 1. The molecular formula is C30H38N6O. The summed E-state index contributed by atoms with van der Waals surface area (Å²) in [6.07, 6.45) is 6.78. The zero-order valence-corrected chi connectivity index (χ0v) is 22.1. The molecule has 4 aliphatic heterocycles. The van der Waals surface area contributed by atoms with E-state index < -0.39 is 0 Å². The Labute approximate surface area is 219 Å². The summed E-state index contributed by atoms with van der Waals surface area (Å²) in [4.78, 5) is 17.6. The van der Waals surface area contributed by atoms with Crippen molar-refractivity contribution in [3.8, 4) is 6.01 Å². The van der Waals surface area contributed by atoms with Gasteiger partial charge in [0.05, 0.1) is 12.2 Å². The first-order valence-corrected chi connectivity index (χ1v) is 14.1. The molecule has 5 heterocycles. The predicted molar refractivity (Wildman–Crippen MR) is 148 cm³/mol. The van der Waals surface area contributed by atoms with Gasteiger partial charge >= 0.3 is 6.01 Å². The van der Waals surface area contributed by atoms with Gasteiger partial charge in [-0.05, 0) is 76.1 Å². The Morgan fingerprint density at radius 2 is 1.92 bits per heavy atom. The van der Waals surface area contributed by atoms with Gasteiger partial charge in [-0.3, -0.25) is 0 Å². The number of rotatable bonds is 5. The molecule has 0 radical (unpaired) electrons. The standard InChI is InChI=1S/C30H38N6O/c1-19-6-3-7-20-8-4-10-27(28(19)20)35-15-13-23-25(17-35)32-30(37-18-22-9-5-14-34(22)2)33-29(23)36-21-11-12-26(36)24(31)16-21/h3-4,6-8,10,21-22,24,26H,5,9,11-18,31H2,1-2H3/t21?,22-,24?,26?/m0/s1. The van der Waals surface area contributed by atoms with Crippen LogP contribution in [0.15, 0.2) is 36.4 Å². The van der Waals surface area contributed by atoms with Crippen LogP contribution in [0.5, 0.6) is 6.01 Å². The third-order valence-electron chi connectivity index (χ3n) is 9.36. The summed E-state index contributed by atoms with van der Waals surface area (Å²) in [7, 11) is 2.19. The minimum absolute atomic E-state index is 0.236. The quantitative estimate of drug-likeness (QED) is 0.569. The Morgan fingerprint density at radius 1 is 1.05 bits per heavy atom. The molecule has 0 amide bonds. The molecule has 2 N–H and O–H groups in total. The fourth-order valence-electron chi connectivity index (χ4n) is 7.37. The molecule has 2 aromatic carbocycles. The Bertz CT molecular complexity index is 1320. The molecule has 3 fully saturated rings. The average Bonchev–Trinajstić information content (AvgIpc) is 3.60. The summed E-state index contributed by atoms with van der Waals surface area (Å²) in [5.74, 6) is 1.09. The number of ether oxygens (including phenoxy) is 1. The van der Waals surface area contributed by atoms with Crippen LogP contribution in [0.3, 0.4) is 0 Å². The molecule has 3 saturated heterocycles. The molecule has 0 aliphatic carbocycles. The highest BCUT2D eigenvalue weighted by Crippen LogP contribution is 2.43. The van der Waals surface area contributed by atoms with Crippen molar-refractivity contribution >= 4 is 22.3 Å². The van der Waals surface area contributed by atoms with Gasteiger partial charge in [-0.1, -0.05) is 30.3 Å². The largest absolute Gasteiger partial charge is 0.462 e. The lowest BCUT2D eigenvalue weighted by molar-refractivity contribution is 0.187. The lowest BCUT2D eigenvalue weighted by atomic mass is 9.96. The van der Waals surface area contributed by atoms with E-state index in [2.05, 4.69) is 65.1 Å². The lowest BCUT2D eigenvalue weighted by Gasteiger charge is -2.35. The number of anilines is 2. The summed E-state index contributed by atoms with van der Waals surface area (Å²) in [5.41, 5.74) is 11.6. The van der Waals surface area contributed by atoms with E-state index in [1.165, 1.54) is 46.8 Å². The Hall–Kier alpha value is -2.90. The molecule has 0 spiro atoms. The highest BCUT2D eigenvalue weighted by atomic mass is 16.5. The monoisotopic (exact) mass is 498 g/mol. The Balaban J connectivity index is 1.25. The first-order chi connectivity index (χ1) is 18.1. The van der Waals surface area contributed by atoms with E-state index in [4.69, 9.17) is 20.4 Å². The SMILES string of the molecule is Cc1cccc2cccc(N3CCc4c(nc(OC[C@@H]5CCCN5C)nc4N4C5CCC4C(N)C5)C3)c12. The highest BCUT2D eigenvalue weighted by molar-refractivity contribution is 5.97. The van der Waals surface area contributed by atoms with Crippen LogP contribution in [0.1, 0.15) is 48.9 Å². The number of hydrogen-bond acceptors (Lipinski definition) is 7. The summed E-state index contributed by atoms with van der Waals surface area (Å²) in [5, 5.41) is 2.63. The molecule has 7 nitrogen and oxygen atoms in total. The number of benzene rings is 2. The minimum atomic E-state index is 0.236. The molecule has 3 aromatic rings. The maximum atomic E-state index is 6.55. The first-order valence-electron chi connectivity index (χ1n) is 14.1. The van der Waals surface area contributed by atoms with Gasteiger partial charge in [0.2, 0.25) is 0 Å². The molecule has 3 unspecified atom stereocenters. The van der Waals surface area contributed by atoms with Gasteiger partial charge in [0, 0.05) is 47.3 Å². The number of likely N-dealkylation sites (tertiary alicyclic amines) is 1. The van der Waals surface area contributed by atoms with E-state index in [0.717, 1.165) is 50.4 Å². The van der Waals surface area contributed by atoms with Crippen LogP contribution < -0.4 is 20.3 Å². The van der Waals surface area contributed by atoms with E-state index in [-0.39, 0.29) is 6.04 Å². The molecule has 4 aliphatic rings. The molecular weight excluding hydrogens is 460 g/mol. The van der Waals surface area contributed by atoms with Gasteiger partial charge in [-0.15, -0.1) is 0 Å². The van der Waals surface area contributed by atoms with Crippen LogP contribution in [0.25, 0.3) is 10.8 Å². The maximum absolute atomic E-state index is 6.55. The zero-order chi connectivity index (χ0) is 25.1. The summed E-state index contributed by atoms with van der Waals surface area (Å²) in [6, 6.07) is 15.3. The number of fused-ring (bicyclic) bond motifs is 4. The molecule has 4 atom stereocenters. The smallest absolute Gasteiger partial charge is 0.318 e. The number of aromatic nitrogens is 2. The predicted octanol–water partition coefficient (Wildman–Crippen LogP) is 4.04. The fourth-order valence-corrected chi connectivity index (χ4v) is 7.37. The number of likely N-dealkylation sites (N-methyl/N-ethyl adjacent to an activating group) is 1. The van der Waals surface area contributed by atoms with Gasteiger partial charge in [0.15, 0.2) is 0 Å². The van der Waals surface area contributed by atoms with Crippen molar-refractivity contribution in [2.24, 2.45) is 5.73 Å². The Morgan fingerprint density at radius 3 is 2.68 bits per heavy atom. The van der Waals surface area contributed by atoms with E-state index in [1.54, 1.807) is 0 Å². The average molecular weight is 499 g/mol.